The summed E-state index contributed by atoms with van der Waals surface area (Å²) in [7, 11) is 0. The first-order chi connectivity index (χ1) is 8.79. The second-order valence-electron chi connectivity index (χ2n) is 4.54. The van der Waals surface area contributed by atoms with E-state index in [-0.39, 0.29) is 0 Å². The molecule has 1 aromatic rings. The summed E-state index contributed by atoms with van der Waals surface area (Å²) in [5.74, 6) is 5.17. The van der Waals surface area contributed by atoms with Gasteiger partial charge in [0.1, 0.15) is 0 Å². The highest BCUT2D eigenvalue weighted by atomic mass is 32.2. The molecule has 1 aliphatic rings. The first kappa shape index (κ1) is 14.2. The number of hydrogen-bond donors (Lipinski definition) is 1. The summed E-state index contributed by atoms with van der Waals surface area (Å²) in [5, 5.41) is 7.97. The van der Waals surface area contributed by atoms with E-state index in [0.29, 0.717) is 11.3 Å². The molecule has 0 aromatic carbocycles. The Kier molecular flexibility index (Phi) is 5.85. The molecule has 18 heavy (non-hydrogen) atoms. The normalized spacial score (nSPS) is 22.0. The number of hydrogen-bond acceptors (Lipinski definition) is 6. The van der Waals surface area contributed by atoms with E-state index in [9.17, 15) is 0 Å². The predicted octanol–water partition coefficient (Wildman–Crippen LogP) is 2.52. The van der Waals surface area contributed by atoms with Crippen LogP contribution in [0.4, 0.5) is 0 Å². The van der Waals surface area contributed by atoms with Crippen LogP contribution in [0.2, 0.25) is 0 Å². The molecule has 6 heteroatoms. The fourth-order valence-corrected chi connectivity index (χ4v) is 4.43. The molecule has 0 bridgehead atoms. The van der Waals surface area contributed by atoms with Crippen LogP contribution in [0.1, 0.15) is 37.2 Å². The third-order valence-electron chi connectivity index (χ3n) is 2.81. The Labute approximate surface area is 117 Å². The first-order valence-corrected chi connectivity index (χ1v) is 8.75. The highest BCUT2D eigenvalue weighted by Crippen LogP contribution is 2.35. The van der Waals surface area contributed by atoms with Gasteiger partial charge in [-0.2, -0.15) is 16.7 Å². The average Bonchev–Trinajstić information content (AvgIpc) is 2.86. The van der Waals surface area contributed by atoms with Crippen LogP contribution >= 0.6 is 23.5 Å². The van der Waals surface area contributed by atoms with E-state index < -0.39 is 0 Å². The van der Waals surface area contributed by atoms with Gasteiger partial charge in [-0.15, -0.1) is 11.8 Å². The van der Waals surface area contributed by atoms with Crippen LogP contribution in [0.3, 0.4) is 0 Å². The van der Waals surface area contributed by atoms with Crippen molar-refractivity contribution in [2.75, 3.05) is 23.8 Å². The molecule has 2 atom stereocenters. The van der Waals surface area contributed by atoms with Crippen molar-refractivity contribution < 1.29 is 4.52 Å². The molecule has 0 amide bonds. The second kappa shape index (κ2) is 7.40. The maximum Gasteiger partial charge on any atom is 0.228 e. The number of aromatic nitrogens is 2. The topological polar surface area (TPSA) is 51.0 Å². The molecule has 0 radical (unpaired) electrons. The van der Waals surface area contributed by atoms with Gasteiger partial charge in [-0.3, -0.25) is 0 Å². The minimum atomic E-state index is 0.395. The zero-order chi connectivity index (χ0) is 12.8. The molecule has 1 aromatic heterocycles. The van der Waals surface area contributed by atoms with E-state index in [1.807, 2.05) is 23.5 Å². The van der Waals surface area contributed by atoms with E-state index in [4.69, 9.17) is 4.52 Å². The molecule has 1 N–H and O–H groups in total. The van der Waals surface area contributed by atoms with Gasteiger partial charge in [-0.05, 0) is 19.9 Å². The van der Waals surface area contributed by atoms with Gasteiger partial charge >= 0.3 is 0 Å². The lowest BCUT2D eigenvalue weighted by molar-refractivity contribution is 0.357. The van der Waals surface area contributed by atoms with Gasteiger partial charge in [-0.25, -0.2) is 0 Å². The quantitative estimate of drug-likeness (QED) is 0.867. The fraction of sp³-hybridized carbons (Fsp3) is 0.833. The maximum atomic E-state index is 5.34. The monoisotopic (exact) mass is 287 g/mol. The highest BCUT2D eigenvalue weighted by Gasteiger charge is 2.22. The SMILES string of the molecule is CCCNC(C)Cc1nc(C2CSCCS2)no1. The molecule has 1 saturated heterocycles. The lowest BCUT2D eigenvalue weighted by atomic mass is 10.2. The highest BCUT2D eigenvalue weighted by molar-refractivity contribution is 8.06. The van der Waals surface area contributed by atoms with E-state index in [1.165, 1.54) is 11.5 Å². The molecule has 2 heterocycles. The van der Waals surface area contributed by atoms with Crippen LogP contribution in [0.5, 0.6) is 0 Å². The fourth-order valence-electron chi connectivity index (χ4n) is 1.84. The number of thioether (sulfide) groups is 2. The first-order valence-electron chi connectivity index (χ1n) is 6.54. The van der Waals surface area contributed by atoms with Gasteiger partial charge in [-0.1, -0.05) is 12.1 Å². The van der Waals surface area contributed by atoms with Crippen LogP contribution < -0.4 is 5.32 Å². The summed E-state index contributed by atoms with van der Waals surface area (Å²) < 4.78 is 5.34. The molecule has 2 unspecified atom stereocenters. The van der Waals surface area contributed by atoms with Crippen molar-refractivity contribution in [2.24, 2.45) is 0 Å². The molecule has 2 rings (SSSR count). The minimum Gasteiger partial charge on any atom is -0.339 e. The molecule has 0 spiro atoms. The Bertz CT molecular complexity index is 353. The molecule has 0 saturated carbocycles. The molecule has 102 valence electrons. The van der Waals surface area contributed by atoms with Crippen LogP contribution in [0.25, 0.3) is 0 Å². The van der Waals surface area contributed by atoms with Crippen LogP contribution in [-0.4, -0.2) is 40.0 Å². The van der Waals surface area contributed by atoms with Crippen molar-refractivity contribution in [3.63, 3.8) is 0 Å². The van der Waals surface area contributed by atoms with Gasteiger partial charge in [0, 0.05) is 29.7 Å². The summed E-state index contributed by atoms with van der Waals surface area (Å²) in [4.78, 5) is 4.53. The Hall–Kier alpha value is -0.200. The Morgan fingerprint density at radius 3 is 3.11 bits per heavy atom. The van der Waals surface area contributed by atoms with Crippen molar-refractivity contribution in [2.45, 2.75) is 38.0 Å². The summed E-state index contributed by atoms with van der Waals surface area (Å²) in [6.45, 7) is 5.37. The van der Waals surface area contributed by atoms with E-state index in [2.05, 4.69) is 29.3 Å². The predicted molar refractivity (Wildman–Crippen MR) is 78.3 cm³/mol. The molecular formula is C12H21N3OS2. The molecule has 1 fully saturated rings. The summed E-state index contributed by atoms with van der Waals surface area (Å²) in [6, 6.07) is 0.395. The Morgan fingerprint density at radius 1 is 1.50 bits per heavy atom. The van der Waals surface area contributed by atoms with E-state index >= 15 is 0 Å². The zero-order valence-corrected chi connectivity index (χ0v) is 12.6. The molecule has 0 aliphatic carbocycles. The van der Waals surface area contributed by atoms with E-state index in [0.717, 1.165) is 36.9 Å². The average molecular weight is 287 g/mol. The largest absolute Gasteiger partial charge is 0.339 e. The van der Waals surface area contributed by atoms with Crippen molar-refractivity contribution in [3.05, 3.63) is 11.7 Å². The number of rotatable bonds is 6. The molecular weight excluding hydrogens is 266 g/mol. The van der Waals surface area contributed by atoms with E-state index in [1.54, 1.807) is 0 Å². The summed E-state index contributed by atoms with van der Waals surface area (Å²) in [6.07, 6.45) is 1.97. The van der Waals surface area contributed by atoms with Gasteiger partial charge in [0.05, 0.1) is 5.25 Å². The molecule has 4 nitrogen and oxygen atoms in total. The van der Waals surface area contributed by atoms with Crippen molar-refractivity contribution in [1.82, 2.24) is 15.5 Å². The second-order valence-corrected chi connectivity index (χ2v) is 7.00. The van der Waals surface area contributed by atoms with Gasteiger partial charge < -0.3 is 9.84 Å². The third-order valence-corrected chi connectivity index (χ3v) is 5.56. The Morgan fingerprint density at radius 2 is 2.39 bits per heavy atom. The van der Waals surface area contributed by atoms with Crippen molar-refractivity contribution in [3.8, 4) is 0 Å². The number of nitrogens with one attached hydrogen (secondary N) is 1. The molecule has 1 aliphatic heterocycles. The Balaban J connectivity index is 1.85. The number of nitrogens with zero attached hydrogens (tertiary/aromatic N) is 2. The van der Waals surface area contributed by atoms with Crippen molar-refractivity contribution in [1.29, 1.82) is 0 Å². The maximum absolute atomic E-state index is 5.34. The van der Waals surface area contributed by atoms with Gasteiger partial charge in [0.2, 0.25) is 5.89 Å². The van der Waals surface area contributed by atoms with Gasteiger partial charge in [0.15, 0.2) is 5.82 Å². The standard InChI is InChI=1S/C12H21N3OS2/c1-3-4-13-9(2)7-11-14-12(15-16-11)10-8-17-5-6-18-10/h9-10,13H,3-8H2,1-2H3. The zero-order valence-electron chi connectivity index (χ0n) is 11.0. The summed E-state index contributed by atoms with van der Waals surface area (Å²) >= 11 is 3.92. The minimum absolute atomic E-state index is 0.395. The lowest BCUT2D eigenvalue weighted by Gasteiger charge is -2.17. The van der Waals surface area contributed by atoms with Crippen molar-refractivity contribution >= 4 is 23.5 Å². The third kappa shape index (κ3) is 4.17. The van der Waals surface area contributed by atoms with Gasteiger partial charge in [0.25, 0.3) is 0 Å². The van der Waals surface area contributed by atoms with Crippen LogP contribution in [0, 0.1) is 0 Å². The van der Waals surface area contributed by atoms with Crippen LogP contribution in [0.15, 0.2) is 4.52 Å². The summed E-state index contributed by atoms with van der Waals surface area (Å²) in [5.41, 5.74) is 0. The lowest BCUT2D eigenvalue weighted by Crippen LogP contribution is -2.28. The smallest absolute Gasteiger partial charge is 0.228 e. The van der Waals surface area contributed by atoms with Crippen LogP contribution in [-0.2, 0) is 6.42 Å².